The van der Waals surface area contributed by atoms with Gasteiger partial charge >= 0.3 is 0 Å². The first kappa shape index (κ1) is 19.7. The van der Waals surface area contributed by atoms with Crippen molar-refractivity contribution in [3.63, 3.8) is 0 Å². The number of ether oxygens (including phenoxy) is 2. The number of aromatic nitrogens is 3. The fourth-order valence-corrected chi connectivity index (χ4v) is 4.90. The van der Waals surface area contributed by atoms with Crippen LogP contribution in [0.2, 0.25) is 0 Å². The van der Waals surface area contributed by atoms with Crippen LogP contribution in [-0.4, -0.2) is 53.1 Å². The quantitative estimate of drug-likeness (QED) is 0.638. The van der Waals surface area contributed by atoms with Gasteiger partial charge in [-0.15, -0.1) is 11.3 Å². The van der Waals surface area contributed by atoms with Gasteiger partial charge in [0.1, 0.15) is 11.2 Å². The number of amides is 1. The number of carbonyl (C=O) groups excluding carboxylic acids is 1. The van der Waals surface area contributed by atoms with E-state index in [9.17, 15) is 4.79 Å². The third kappa shape index (κ3) is 3.95. The number of hydrogen-bond acceptors (Lipinski definition) is 7. The van der Waals surface area contributed by atoms with Crippen molar-refractivity contribution in [2.75, 3.05) is 27.4 Å². The number of methoxy groups -OCH3 is 1. The second-order valence-electron chi connectivity index (χ2n) is 7.28. The van der Waals surface area contributed by atoms with Gasteiger partial charge in [0.2, 0.25) is 5.88 Å². The summed E-state index contributed by atoms with van der Waals surface area (Å²) in [6, 6.07) is 3.73. The molecule has 3 aromatic rings. The maximum Gasteiger partial charge on any atom is 0.264 e. The molecule has 7 nitrogen and oxygen atoms in total. The van der Waals surface area contributed by atoms with Gasteiger partial charge in [0.25, 0.3) is 5.91 Å². The number of aryl methyl sites for hydroxylation is 1. The molecule has 0 radical (unpaired) electrons. The molecule has 8 heteroatoms. The van der Waals surface area contributed by atoms with Gasteiger partial charge in [0.15, 0.2) is 0 Å². The van der Waals surface area contributed by atoms with E-state index in [0.717, 1.165) is 46.5 Å². The highest BCUT2D eigenvalue weighted by molar-refractivity contribution is 7.20. The molecule has 4 rings (SSSR count). The van der Waals surface area contributed by atoms with Crippen LogP contribution in [0.4, 0.5) is 0 Å². The Balaban J connectivity index is 1.63. The maximum atomic E-state index is 13.2. The number of rotatable bonds is 5. The highest BCUT2D eigenvalue weighted by atomic mass is 32.1. The van der Waals surface area contributed by atoms with E-state index in [1.54, 1.807) is 31.6 Å². The Labute approximate surface area is 173 Å². The first-order chi connectivity index (χ1) is 14.1. The number of thiophene rings is 1. The molecule has 1 aliphatic heterocycles. The predicted molar refractivity (Wildman–Crippen MR) is 112 cm³/mol. The molecule has 0 spiro atoms. The van der Waals surface area contributed by atoms with Gasteiger partial charge < -0.3 is 14.4 Å². The molecule has 4 heterocycles. The molecule has 0 saturated carbocycles. The standard InChI is InChI=1S/C21H24N4O3S/c1-13-17-18(15-5-4-8-28-11-15)23-12-24-20(17)29-19(13)21(26)25(2)10-14-6-7-22-16(9-14)27-3/h6-7,9,12,15H,4-5,8,10-11H2,1-3H3. The molecule has 3 aromatic heterocycles. The molecule has 29 heavy (non-hydrogen) atoms. The molecular weight excluding hydrogens is 388 g/mol. The molecule has 0 N–H and O–H groups in total. The zero-order valence-corrected chi connectivity index (χ0v) is 17.7. The van der Waals surface area contributed by atoms with E-state index in [1.807, 2.05) is 19.1 Å². The van der Waals surface area contributed by atoms with Crippen LogP contribution in [0.25, 0.3) is 10.2 Å². The lowest BCUT2D eigenvalue weighted by Crippen LogP contribution is -2.26. The largest absolute Gasteiger partial charge is 0.481 e. The number of carbonyl (C=O) groups is 1. The second-order valence-corrected chi connectivity index (χ2v) is 8.28. The van der Waals surface area contributed by atoms with Crippen LogP contribution in [0.1, 0.15) is 45.3 Å². The van der Waals surface area contributed by atoms with E-state index in [2.05, 4.69) is 15.0 Å². The molecule has 1 unspecified atom stereocenters. The first-order valence-corrected chi connectivity index (χ1v) is 10.5. The minimum atomic E-state index is -0.0212. The predicted octanol–water partition coefficient (Wildman–Crippen LogP) is 3.57. The SMILES string of the molecule is COc1cc(CN(C)C(=O)c2sc3ncnc(C4CCCOC4)c3c2C)ccn1. The molecule has 1 amide bonds. The lowest BCUT2D eigenvalue weighted by Gasteiger charge is -2.22. The number of nitrogens with zero attached hydrogens (tertiary/aromatic N) is 4. The van der Waals surface area contributed by atoms with Crippen molar-refractivity contribution >= 4 is 27.5 Å². The fraction of sp³-hybridized carbons (Fsp3) is 0.429. The lowest BCUT2D eigenvalue weighted by atomic mass is 9.95. The number of fused-ring (bicyclic) bond motifs is 1. The van der Waals surface area contributed by atoms with Gasteiger partial charge in [-0.1, -0.05) is 0 Å². The summed E-state index contributed by atoms with van der Waals surface area (Å²) in [5.74, 6) is 0.774. The van der Waals surface area contributed by atoms with Crippen molar-refractivity contribution in [1.29, 1.82) is 0 Å². The molecule has 1 atom stereocenters. The van der Waals surface area contributed by atoms with Crippen LogP contribution < -0.4 is 4.74 Å². The Bertz CT molecular complexity index is 1030. The molecule has 152 valence electrons. The van der Waals surface area contributed by atoms with Crippen molar-refractivity contribution in [1.82, 2.24) is 19.9 Å². The van der Waals surface area contributed by atoms with Crippen molar-refractivity contribution in [3.05, 3.63) is 46.4 Å². The highest BCUT2D eigenvalue weighted by Gasteiger charge is 2.26. The molecule has 0 bridgehead atoms. The summed E-state index contributed by atoms with van der Waals surface area (Å²) in [6.07, 6.45) is 5.37. The normalized spacial score (nSPS) is 16.7. The van der Waals surface area contributed by atoms with Crippen LogP contribution >= 0.6 is 11.3 Å². The summed E-state index contributed by atoms with van der Waals surface area (Å²) >= 11 is 1.44. The summed E-state index contributed by atoms with van der Waals surface area (Å²) < 4.78 is 10.8. The summed E-state index contributed by atoms with van der Waals surface area (Å²) in [5.41, 5.74) is 2.92. The summed E-state index contributed by atoms with van der Waals surface area (Å²) in [5, 5.41) is 1.01. The van der Waals surface area contributed by atoms with Gasteiger partial charge in [0, 0.05) is 43.8 Å². The Morgan fingerprint density at radius 3 is 3.00 bits per heavy atom. The molecule has 0 aromatic carbocycles. The van der Waals surface area contributed by atoms with Gasteiger partial charge in [-0.05, 0) is 37.0 Å². The Morgan fingerprint density at radius 2 is 2.24 bits per heavy atom. The van der Waals surface area contributed by atoms with Crippen LogP contribution in [0.5, 0.6) is 5.88 Å². The fourth-order valence-electron chi connectivity index (χ4n) is 3.75. The monoisotopic (exact) mass is 412 g/mol. The van der Waals surface area contributed by atoms with E-state index in [1.165, 1.54) is 11.3 Å². The topological polar surface area (TPSA) is 77.4 Å². The lowest BCUT2D eigenvalue weighted by molar-refractivity contribution is 0.0789. The summed E-state index contributed by atoms with van der Waals surface area (Å²) in [7, 11) is 3.39. The van der Waals surface area contributed by atoms with Gasteiger partial charge in [0.05, 0.1) is 24.3 Å². The second kappa shape index (κ2) is 8.42. The highest BCUT2D eigenvalue weighted by Crippen LogP contribution is 2.36. The number of pyridine rings is 1. The van der Waals surface area contributed by atoms with Gasteiger partial charge in [-0.25, -0.2) is 15.0 Å². The smallest absolute Gasteiger partial charge is 0.264 e. The third-order valence-corrected chi connectivity index (χ3v) is 6.46. The Kier molecular flexibility index (Phi) is 5.73. The Morgan fingerprint density at radius 1 is 1.38 bits per heavy atom. The van der Waals surface area contributed by atoms with Crippen LogP contribution in [0, 0.1) is 6.92 Å². The van der Waals surface area contributed by atoms with Crippen LogP contribution in [0.15, 0.2) is 24.7 Å². The van der Waals surface area contributed by atoms with E-state index in [4.69, 9.17) is 9.47 Å². The van der Waals surface area contributed by atoms with Crippen molar-refractivity contribution in [3.8, 4) is 5.88 Å². The molecular formula is C21H24N4O3S. The minimum absolute atomic E-state index is 0.0212. The first-order valence-electron chi connectivity index (χ1n) is 9.64. The van der Waals surface area contributed by atoms with E-state index >= 15 is 0 Å². The average Bonchev–Trinajstić information content (AvgIpc) is 3.10. The zero-order chi connectivity index (χ0) is 20.4. The molecule has 1 saturated heterocycles. The summed E-state index contributed by atoms with van der Waals surface area (Å²) in [4.78, 5) is 29.6. The van der Waals surface area contributed by atoms with Crippen LogP contribution in [0.3, 0.4) is 0 Å². The molecule has 0 aliphatic carbocycles. The zero-order valence-electron chi connectivity index (χ0n) is 16.8. The van der Waals surface area contributed by atoms with Crippen molar-refractivity contribution in [2.45, 2.75) is 32.2 Å². The summed E-state index contributed by atoms with van der Waals surface area (Å²) in [6.45, 7) is 3.95. The molecule has 1 fully saturated rings. The maximum absolute atomic E-state index is 13.2. The minimum Gasteiger partial charge on any atom is -0.481 e. The van der Waals surface area contributed by atoms with Gasteiger partial charge in [-0.2, -0.15) is 0 Å². The molecule has 1 aliphatic rings. The number of hydrogen-bond donors (Lipinski definition) is 0. The van der Waals surface area contributed by atoms with Crippen LogP contribution in [-0.2, 0) is 11.3 Å². The van der Waals surface area contributed by atoms with E-state index in [-0.39, 0.29) is 11.8 Å². The van der Waals surface area contributed by atoms with E-state index in [0.29, 0.717) is 23.9 Å². The van der Waals surface area contributed by atoms with Crippen molar-refractivity contribution in [2.24, 2.45) is 0 Å². The third-order valence-electron chi connectivity index (χ3n) is 5.27. The Hall–Kier alpha value is -2.58. The average molecular weight is 413 g/mol. The van der Waals surface area contributed by atoms with Crippen molar-refractivity contribution < 1.29 is 14.3 Å². The van der Waals surface area contributed by atoms with Gasteiger partial charge in [-0.3, -0.25) is 4.79 Å². The van der Waals surface area contributed by atoms with E-state index < -0.39 is 0 Å².